The average Bonchev–Trinajstić information content (AvgIpc) is 3.13. The first-order valence-electron chi connectivity index (χ1n) is 22.7. The Bertz CT molecular complexity index is 1020. The van der Waals surface area contributed by atoms with Crippen molar-refractivity contribution in [2.45, 2.75) is 218 Å². The first-order valence-corrected chi connectivity index (χ1v) is 25.0. The standard InChI is InChI=1S/C43H82N4O6P2/c1-39(2)27-35(28-40(3,4)46(39)52-37-21-11-9-12-22-37)19-15-17-25-44-54-48-31-43(32-49-54)33-50-55(51-34-43)45-26-18-16-20-36-29-41(5,6)47(42(7,8)30-36)53-38-23-13-10-14-24-38/h35-38,44-45H,9-34H2,1-8H3. The van der Waals surface area contributed by atoms with Gasteiger partial charge in [0.1, 0.15) is 0 Å². The van der Waals surface area contributed by atoms with Crippen LogP contribution in [-0.4, -0.2) is 84.0 Å². The van der Waals surface area contributed by atoms with Crippen LogP contribution in [0.15, 0.2) is 0 Å². The predicted octanol–water partition coefficient (Wildman–Crippen LogP) is 11.1. The van der Waals surface area contributed by atoms with Gasteiger partial charge in [-0.15, -0.1) is 0 Å². The van der Waals surface area contributed by atoms with Crippen molar-refractivity contribution in [1.29, 1.82) is 0 Å². The summed E-state index contributed by atoms with van der Waals surface area (Å²) in [4.78, 5) is 13.4. The van der Waals surface area contributed by atoms with Crippen molar-refractivity contribution in [3.05, 3.63) is 0 Å². The number of rotatable bonds is 16. The first kappa shape index (κ1) is 45.0. The first-order chi connectivity index (χ1) is 26.1. The molecule has 12 heteroatoms. The predicted molar refractivity (Wildman–Crippen MR) is 225 cm³/mol. The van der Waals surface area contributed by atoms with Crippen molar-refractivity contribution < 1.29 is 27.8 Å². The van der Waals surface area contributed by atoms with E-state index >= 15 is 0 Å². The molecular weight excluding hydrogens is 730 g/mol. The van der Waals surface area contributed by atoms with E-state index in [-0.39, 0.29) is 27.6 Å². The second-order valence-electron chi connectivity index (χ2n) is 21.0. The number of piperidine rings is 2. The van der Waals surface area contributed by atoms with Crippen LogP contribution >= 0.6 is 17.1 Å². The summed E-state index contributed by atoms with van der Waals surface area (Å²) in [6.07, 6.45) is 25.7. The Morgan fingerprint density at radius 1 is 0.491 bits per heavy atom. The Morgan fingerprint density at radius 3 is 1.15 bits per heavy atom. The molecular formula is C43H82N4O6P2. The Labute approximate surface area is 339 Å². The minimum absolute atomic E-state index is 0.0620. The molecule has 6 aliphatic rings. The van der Waals surface area contributed by atoms with Gasteiger partial charge < -0.3 is 18.1 Å². The van der Waals surface area contributed by atoms with Crippen LogP contribution in [0.5, 0.6) is 0 Å². The molecule has 0 atom stereocenters. The molecule has 0 radical (unpaired) electrons. The number of hydrogen-bond donors (Lipinski definition) is 2. The molecule has 2 saturated carbocycles. The third-order valence-electron chi connectivity index (χ3n) is 13.5. The lowest BCUT2D eigenvalue weighted by Gasteiger charge is -2.55. The fourth-order valence-electron chi connectivity index (χ4n) is 11.3. The molecule has 0 amide bonds. The lowest BCUT2D eigenvalue weighted by Crippen LogP contribution is -2.61. The van der Waals surface area contributed by atoms with Crippen LogP contribution in [0.2, 0.25) is 0 Å². The van der Waals surface area contributed by atoms with Crippen LogP contribution in [0.1, 0.15) is 184 Å². The summed E-state index contributed by atoms with van der Waals surface area (Å²) in [5.74, 6) is 1.46. The molecule has 6 fully saturated rings. The lowest BCUT2D eigenvalue weighted by atomic mass is 9.73. The second-order valence-corrected chi connectivity index (χ2v) is 23.7. The van der Waals surface area contributed by atoms with Gasteiger partial charge in [-0.25, -0.2) is 0 Å². The van der Waals surface area contributed by atoms with Crippen LogP contribution in [-0.2, 0) is 27.8 Å². The summed E-state index contributed by atoms with van der Waals surface area (Å²) >= 11 is 0. The maximum absolute atomic E-state index is 6.71. The SMILES string of the molecule is CC1(C)CC(CCCCNP2OCC3(CO2)COP(NCCCCC2CC(C)(C)N(OC4CCCCC4)C(C)(C)C2)OC3)CC(C)(C)N1OC1CCCCC1. The van der Waals surface area contributed by atoms with E-state index in [0.717, 1.165) is 37.8 Å². The highest BCUT2D eigenvalue weighted by Gasteiger charge is 2.49. The van der Waals surface area contributed by atoms with Crippen LogP contribution in [0.4, 0.5) is 0 Å². The van der Waals surface area contributed by atoms with Gasteiger partial charge in [0.15, 0.2) is 0 Å². The summed E-state index contributed by atoms with van der Waals surface area (Å²) in [7, 11) is -2.11. The van der Waals surface area contributed by atoms with E-state index in [0.29, 0.717) is 38.6 Å². The van der Waals surface area contributed by atoms with E-state index in [1.165, 1.54) is 116 Å². The number of nitrogens with one attached hydrogen (secondary N) is 2. The van der Waals surface area contributed by atoms with Gasteiger partial charge in [-0.1, -0.05) is 64.2 Å². The van der Waals surface area contributed by atoms with Crippen molar-refractivity contribution in [1.82, 2.24) is 20.3 Å². The largest absolute Gasteiger partial charge is 0.321 e. The Morgan fingerprint density at radius 2 is 0.818 bits per heavy atom. The van der Waals surface area contributed by atoms with E-state index in [4.69, 9.17) is 27.8 Å². The number of hydrogen-bond acceptors (Lipinski definition) is 10. The van der Waals surface area contributed by atoms with Gasteiger partial charge >= 0.3 is 0 Å². The van der Waals surface area contributed by atoms with Crippen LogP contribution in [0, 0.1) is 17.3 Å². The zero-order chi connectivity index (χ0) is 39.2. The molecule has 0 bridgehead atoms. The molecule has 1 spiro atoms. The van der Waals surface area contributed by atoms with Gasteiger partial charge in [0.25, 0.3) is 17.1 Å². The summed E-state index contributed by atoms with van der Waals surface area (Å²) < 4.78 is 24.8. The van der Waals surface area contributed by atoms with E-state index in [9.17, 15) is 0 Å². The molecule has 2 N–H and O–H groups in total. The van der Waals surface area contributed by atoms with Crippen molar-refractivity contribution in [3.8, 4) is 0 Å². The molecule has 4 aliphatic heterocycles. The van der Waals surface area contributed by atoms with Crippen LogP contribution in [0.3, 0.4) is 0 Å². The van der Waals surface area contributed by atoms with Crippen LogP contribution in [0.25, 0.3) is 0 Å². The van der Waals surface area contributed by atoms with Gasteiger partial charge in [0.2, 0.25) is 0 Å². The van der Waals surface area contributed by atoms with Crippen LogP contribution < -0.4 is 10.2 Å². The summed E-state index contributed by atoms with van der Waals surface area (Å²) in [5.41, 5.74) is 0.0448. The summed E-state index contributed by atoms with van der Waals surface area (Å²) in [6.45, 7) is 23.5. The third kappa shape index (κ3) is 12.7. The van der Waals surface area contributed by atoms with E-state index < -0.39 is 17.1 Å². The Kier molecular flexibility index (Phi) is 16.3. The van der Waals surface area contributed by atoms with Crippen molar-refractivity contribution in [2.24, 2.45) is 17.3 Å². The summed E-state index contributed by atoms with van der Waals surface area (Å²) in [5, 5.41) is 11.9. The molecule has 4 heterocycles. The monoisotopic (exact) mass is 813 g/mol. The molecule has 0 aromatic heterocycles. The molecule has 6 rings (SSSR count). The molecule has 0 unspecified atom stereocenters. The van der Waals surface area contributed by atoms with Gasteiger partial charge in [0, 0.05) is 35.2 Å². The smallest absolute Gasteiger partial charge is 0.255 e. The minimum atomic E-state index is -1.05. The maximum atomic E-state index is 6.71. The third-order valence-corrected chi connectivity index (χ3v) is 15.9. The summed E-state index contributed by atoms with van der Waals surface area (Å²) in [6, 6.07) is 0. The molecule has 55 heavy (non-hydrogen) atoms. The van der Waals surface area contributed by atoms with Gasteiger partial charge in [-0.05, 0) is 131 Å². The minimum Gasteiger partial charge on any atom is -0.321 e. The molecule has 10 nitrogen and oxygen atoms in total. The lowest BCUT2D eigenvalue weighted by molar-refractivity contribution is -0.314. The fraction of sp³-hybridized carbons (Fsp3) is 1.00. The number of nitrogens with zero attached hydrogens (tertiary/aromatic N) is 2. The highest BCUT2D eigenvalue weighted by atomic mass is 31.2. The number of unbranched alkanes of at least 4 members (excludes halogenated alkanes) is 2. The van der Waals surface area contributed by atoms with E-state index in [1.807, 2.05) is 0 Å². The van der Waals surface area contributed by atoms with Gasteiger partial charge in [-0.2, -0.15) is 10.1 Å². The second kappa shape index (κ2) is 19.9. The topological polar surface area (TPSA) is 85.9 Å². The maximum Gasteiger partial charge on any atom is 0.255 e. The quantitative estimate of drug-likeness (QED) is 0.116. The van der Waals surface area contributed by atoms with Crippen molar-refractivity contribution in [2.75, 3.05) is 39.5 Å². The Balaban J connectivity index is 0.795. The van der Waals surface area contributed by atoms with E-state index in [2.05, 4.69) is 75.7 Å². The Hall–Kier alpha value is 0.460. The zero-order valence-electron chi connectivity index (χ0n) is 36.4. The molecule has 2 aliphatic carbocycles. The number of hydroxylamine groups is 4. The van der Waals surface area contributed by atoms with Crippen molar-refractivity contribution in [3.63, 3.8) is 0 Å². The van der Waals surface area contributed by atoms with E-state index in [1.54, 1.807) is 0 Å². The van der Waals surface area contributed by atoms with Gasteiger partial charge in [0.05, 0.1) is 44.1 Å². The van der Waals surface area contributed by atoms with Gasteiger partial charge in [-0.3, -0.25) is 19.8 Å². The average molecular weight is 813 g/mol. The normalized spacial score (nSPS) is 32.9. The van der Waals surface area contributed by atoms with Crippen molar-refractivity contribution >= 4 is 17.1 Å². The molecule has 0 aromatic rings. The fourth-order valence-corrected chi connectivity index (χ4v) is 14.1. The zero-order valence-corrected chi connectivity index (χ0v) is 38.2. The molecule has 0 aromatic carbocycles. The highest BCUT2D eigenvalue weighted by Crippen LogP contribution is 2.50. The molecule has 4 saturated heterocycles. The highest BCUT2D eigenvalue weighted by molar-refractivity contribution is 7.45. The molecule has 320 valence electrons.